The Kier molecular flexibility index (Phi) is 5.25. The Hall–Kier alpha value is -1.30. The maximum atomic E-state index is 12.1. The van der Waals surface area contributed by atoms with Crippen molar-refractivity contribution in [3.63, 3.8) is 0 Å². The van der Waals surface area contributed by atoms with E-state index in [-0.39, 0.29) is 29.2 Å². The molecular formula is C9H4F6N2O2S2. The van der Waals surface area contributed by atoms with E-state index >= 15 is 0 Å². The summed E-state index contributed by atoms with van der Waals surface area (Å²) < 4.78 is 72.4. The fourth-order valence-electron chi connectivity index (χ4n) is 0.905. The van der Waals surface area contributed by atoms with Crippen molar-refractivity contribution in [1.82, 2.24) is 9.97 Å². The van der Waals surface area contributed by atoms with Gasteiger partial charge in [-0.15, -0.1) is 0 Å². The summed E-state index contributed by atoms with van der Waals surface area (Å²) in [7, 11) is 0. The first kappa shape index (κ1) is 17.8. The van der Waals surface area contributed by atoms with Crippen molar-refractivity contribution in [2.75, 3.05) is 0 Å². The second-order valence-electron chi connectivity index (χ2n) is 3.40. The lowest BCUT2D eigenvalue weighted by molar-refractivity contribution is -0.160. The second kappa shape index (κ2) is 6.22. The van der Waals surface area contributed by atoms with Crippen LogP contribution in [0, 0.1) is 6.92 Å². The molecule has 1 aromatic heterocycles. The lowest BCUT2D eigenvalue weighted by Gasteiger charge is -2.07. The molecule has 0 unspecified atom stereocenters. The van der Waals surface area contributed by atoms with Gasteiger partial charge in [-0.3, -0.25) is 9.59 Å². The van der Waals surface area contributed by atoms with Gasteiger partial charge >= 0.3 is 17.5 Å². The van der Waals surface area contributed by atoms with E-state index in [4.69, 9.17) is 0 Å². The Morgan fingerprint density at radius 3 is 1.90 bits per heavy atom. The van der Waals surface area contributed by atoms with Crippen LogP contribution < -0.4 is 0 Å². The zero-order valence-corrected chi connectivity index (χ0v) is 11.5. The molecule has 0 fully saturated rings. The fraction of sp³-hybridized carbons (Fsp3) is 0.333. The van der Waals surface area contributed by atoms with Crippen LogP contribution in [0.2, 0.25) is 0 Å². The molecule has 4 nitrogen and oxygen atoms in total. The van der Waals surface area contributed by atoms with Crippen LogP contribution in [0.25, 0.3) is 0 Å². The van der Waals surface area contributed by atoms with Crippen molar-refractivity contribution < 1.29 is 35.9 Å². The number of aryl methyl sites for hydroxylation is 1. The molecule has 0 aliphatic carbocycles. The topological polar surface area (TPSA) is 59.9 Å². The van der Waals surface area contributed by atoms with Gasteiger partial charge in [-0.2, -0.15) is 26.3 Å². The molecule has 1 heterocycles. The van der Waals surface area contributed by atoms with Gasteiger partial charge in [0.25, 0.3) is 5.12 Å². The average molecular weight is 350 g/mol. The number of halogens is 6. The van der Waals surface area contributed by atoms with E-state index in [1.807, 2.05) is 0 Å². The van der Waals surface area contributed by atoms with Crippen LogP contribution in [-0.2, 0) is 9.59 Å². The van der Waals surface area contributed by atoms with Crippen LogP contribution in [0.4, 0.5) is 26.3 Å². The predicted molar refractivity (Wildman–Crippen MR) is 60.6 cm³/mol. The van der Waals surface area contributed by atoms with E-state index < -0.39 is 32.8 Å². The molecule has 12 heteroatoms. The maximum absolute atomic E-state index is 12.1. The zero-order chi connectivity index (χ0) is 16.4. The Bertz CT molecular complexity index is 526. The van der Waals surface area contributed by atoms with E-state index in [0.717, 1.165) is 6.07 Å². The summed E-state index contributed by atoms with van der Waals surface area (Å²) >= 11 is -0.686. The summed E-state index contributed by atoms with van der Waals surface area (Å²) in [6.07, 6.45) is -10.2. The number of carbonyl (C=O) groups is 2. The van der Waals surface area contributed by atoms with Crippen molar-refractivity contribution in [2.24, 2.45) is 0 Å². The molecule has 0 amide bonds. The number of aromatic nitrogens is 2. The van der Waals surface area contributed by atoms with E-state index in [1.165, 1.54) is 6.92 Å². The maximum Gasteiger partial charge on any atom is 0.461 e. The minimum absolute atomic E-state index is 0.0138. The highest BCUT2D eigenvalue weighted by atomic mass is 32.2. The molecular weight excluding hydrogens is 346 g/mol. The van der Waals surface area contributed by atoms with Crippen LogP contribution in [-0.4, -0.2) is 32.6 Å². The number of rotatable bonds is 2. The lowest BCUT2D eigenvalue weighted by atomic mass is 10.5. The highest BCUT2D eigenvalue weighted by Gasteiger charge is 2.41. The van der Waals surface area contributed by atoms with Crippen molar-refractivity contribution in [3.05, 3.63) is 11.8 Å². The lowest BCUT2D eigenvalue weighted by Crippen LogP contribution is -2.20. The quantitative estimate of drug-likeness (QED) is 0.353. The first-order chi connectivity index (χ1) is 9.39. The summed E-state index contributed by atoms with van der Waals surface area (Å²) in [5, 5.41) is -5.58. The molecule has 1 rings (SSSR count). The van der Waals surface area contributed by atoms with E-state index in [1.54, 1.807) is 0 Å². The molecule has 0 spiro atoms. The van der Waals surface area contributed by atoms with Gasteiger partial charge in [0, 0.05) is 5.69 Å². The zero-order valence-electron chi connectivity index (χ0n) is 9.87. The van der Waals surface area contributed by atoms with Crippen LogP contribution in [0.15, 0.2) is 16.2 Å². The Morgan fingerprint density at radius 1 is 0.952 bits per heavy atom. The van der Waals surface area contributed by atoms with Gasteiger partial charge in [-0.1, -0.05) is 0 Å². The van der Waals surface area contributed by atoms with Crippen LogP contribution in [0.5, 0.6) is 0 Å². The van der Waals surface area contributed by atoms with Gasteiger partial charge in [0.2, 0.25) is 0 Å². The summed E-state index contributed by atoms with van der Waals surface area (Å²) in [5.74, 6) is 0. The number of nitrogens with zero attached hydrogens (tertiary/aromatic N) is 2. The molecule has 0 atom stereocenters. The van der Waals surface area contributed by atoms with Crippen molar-refractivity contribution in [2.45, 2.75) is 29.5 Å². The van der Waals surface area contributed by atoms with E-state index in [2.05, 4.69) is 9.97 Å². The summed E-state index contributed by atoms with van der Waals surface area (Å²) in [4.78, 5) is 28.3. The molecule has 0 saturated carbocycles. The van der Waals surface area contributed by atoms with Gasteiger partial charge in [0.05, 0.1) is 0 Å². The van der Waals surface area contributed by atoms with Gasteiger partial charge in [0.1, 0.15) is 5.03 Å². The number of thioether (sulfide) groups is 2. The van der Waals surface area contributed by atoms with Crippen LogP contribution in [0.1, 0.15) is 5.69 Å². The summed E-state index contributed by atoms with van der Waals surface area (Å²) in [5.41, 5.74) is 0.0138. The Balaban J connectivity index is 2.96. The van der Waals surface area contributed by atoms with E-state index in [9.17, 15) is 35.9 Å². The molecule has 0 bridgehead atoms. The number of carbonyl (C=O) groups excluding carboxylic acids is 2. The normalized spacial score (nSPS) is 12.3. The molecule has 116 valence electrons. The van der Waals surface area contributed by atoms with Crippen molar-refractivity contribution in [3.8, 4) is 0 Å². The van der Waals surface area contributed by atoms with Gasteiger partial charge in [-0.05, 0) is 36.5 Å². The molecule has 1 aromatic rings. The minimum atomic E-state index is -5.13. The fourth-order valence-corrected chi connectivity index (χ4v) is 2.25. The minimum Gasteiger partial charge on any atom is -0.276 e. The third-order valence-electron chi connectivity index (χ3n) is 1.65. The van der Waals surface area contributed by atoms with Crippen molar-refractivity contribution >= 4 is 33.8 Å². The molecule has 0 N–H and O–H groups in total. The van der Waals surface area contributed by atoms with Gasteiger partial charge < -0.3 is 0 Å². The summed E-state index contributed by atoms with van der Waals surface area (Å²) in [6, 6.07) is 0.983. The SMILES string of the molecule is Cc1cc(SC(=O)C(F)(F)F)nc(SC(=O)C(F)(F)F)n1. The number of hydrogen-bond acceptors (Lipinski definition) is 6. The molecule has 0 saturated heterocycles. The summed E-state index contributed by atoms with van der Waals surface area (Å²) in [6.45, 7) is 1.27. The Labute approximate surface area is 121 Å². The smallest absolute Gasteiger partial charge is 0.276 e. The molecule has 0 aromatic carbocycles. The highest BCUT2D eigenvalue weighted by molar-refractivity contribution is 8.14. The third kappa shape index (κ3) is 5.53. The van der Waals surface area contributed by atoms with Gasteiger partial charge in [-0.25, -0.2) is 9.97 Å². The van der Waals surface area contributed by atoms with Gasteiger partial charge in [0.15, 0.2) is 5.16 Å². The molecule has 21 heavy (non-hydrogen) atoms. The molecule has 0 aliphatic rings. The average Bonchev–Trinajstić information content (AvgIpc) is 2.25. The van der Waals surface area contributed by atoms with Crippen molar-refractivity contribution in [1.29, 1.82) is 0 Å². The Morgan fingerprint density at radius 2 is 1.43 bits per heavy atom. The highest BCUT2D eigenvalue weighted by Crippen LogP contribution is 2.31. The predicted octanol–water partition coefficient (Wildman–Crippen LogP) is 3.15. The standard InChI is InChI=1S/C9H4F6N2O2S2/c1-3-2-4(20-5(18)8(10,11)12)17-7(16-3)21-6(19)9(13,14)15/h2H,1H3. The largest absolute Gasteiger partial charge is 0.461 e. The number of alkyl halides is 6. The number of hydrogen-bond donors (Lipinski definition) is 0. The third-order valence-corrected chi connectivity index (χ3v) is 3.27. The van der Waals surface area contributed by atoms with Crippen LogP contribution >= 0.6 is 23.5 Å². The molecule has 0 aliphatic heterocycles. The van der Waals surface area contributed by atoms with Crippen LogP contribution in [0.3, 0.4) is 0 Å². The molecule has 0 radical (unpaired) electrons. The second-order valence-corrected chi connectivity index (χ2v) is 5.34. The monoisotopic (exact) mass is 350 g/mol. The van der Waals surface area contributed by atoms with E-state index in [0.29, 0.717) is 0 Å². The first-order valence-electron chi connectivity index (χ1n) is 4.83. The first-order valence-corrected chi connectivity index (χ1v) is 6.46.